The average Bonchev–Trinajstić information content (AvgIpc) is 2.46. The zero-order valence-corrected chi connectivity index (χ0v) is 12.0. The number of ether oxygens (including phenoxy) is 1. The molecule has 1 N–H and O–H groups in total. The van der Waals surface area contributed by atoms with E-state index in [0.717, 1.165) is 11.8 Å². The molecule has 100 valence electrons. The Morgan fingerprint density at radius 2 is 2.22 bits per heavy atom. The van der Waals surface area contributed by atoms with Crippen LogP contribution in [0.1, 0.15) is 31.2 Å². The third-order valence-electron chi connectivity index (χ3n) is 3.58. The Balaban J connectivity index is 1.85. The Morgan fingerprint density at radius 3 is 2.89 bits per heavy atom. The van der Waals surface area contributed by atoms with Crippen LogP contribution >= 0.6 is 11.8 Å². The smallest absolute Gasteiger partial charge is 0.212 e. The van der Waals surface area contributed by atoms with E-state index in [1.807, 2.05) is 24.0 Å². The molecule has 4 heteroatoms. The first-order valence-electron chi connectivity index (χ1n) is 6.58. The average molecular weight is 266 g/mol. The fourth-order valence-corrected chi connectivity index (χ4v) is 3.46. The highest BCUT2D eigenvalue weighted by molar-refractivity contribution is 7.99. The fourth-order valence-electron chi connectivity index (χ4n) is 2.50. The van der Waals surface area contributed by atoms with Crippen LogP contribution in [0.15, 0.2) is 18.3 Å². The summed E-state index contributed by atoms with van der Waals surface area (Å²) in [4.78, 5) is 4.23. The molecule has 0 aliphatic heterocycles. The van der Waals surface area contributed by atoms with Gasteiger partial charge in [0, 0.05) is 30.1 Å². The second-order valence-electron chi connectivity index (χ2n) is 4.75. The molecular weight excluding hydrogens is 244 g/mol. The lowest BCUT2D eigenvalue weighted by Gasteiger charge is -2.31. The third-order valence-corrected chi connectivity index (χ3v) is 4.75. The van der Waals surface area contributed by atoms with Crippen LogP contribution in [-0.4, -0.2) is 29.6 Å². The number of thioether (sulfide) groups is 1. The maximum Gasteiger partial charge on any atom is 0.212 e. The van der Waals surface area contributed by atoms with Crippen molar-refractivity contribution in [2.24, 2.45) is 0 Å². The molecule has 0 aromatic carbocycles. The number of rotatable bonds is 5. The van der Waals surface area contributed by atoms with E-state index in [1.165, 1.54) is 31.2 Å². The van der Waals surface area contributed by atoms with Gasteiger partial charge < -0.3 is 10.1 Å². The maximum atomic E-state index is 5.06. The lowest BCUT2D eigenvalue weighted by atomic mass is 9.95. The third kappa shape index (κ3) is 3.62. The maximum absolute atomic E-state index is 5.06. The van der Waals surface area contributed by atoms with Gasteiger partial charge in [-0.25, -0.2) is 4.98 Å². The van der Waals surface area contributed by atoms with Crippen LogP contribution in [0.4, 0.5) is 0 Å². The Bertz CT molecular complexity index is 355. The van der Waals surface area contributed by atoms with Gasteiger partial charge in [0.1, 0.15) is 0 Å². The molecule has 0 radical (unpaired) electrons. The van der Waals surface area contributed by atoms with Crippen molar-refractivity contribution < 1.29 is 4.74 Å². The summed E-state index contributed by atoms with van der Waals surface area (Å²) in [6.07, 6.45) is 9.50. The topological polar surface area (TPSA) is 34.1 Å². The van der Waals surface area contributed by atoms with Gasteiger partial charge in [-0.1, -0.05) is 18.9 Å². The lowest BCUT2D eigenvalue weighted by Crippen LogP contribution is -2.39. The zero-order chi connectivity index (χ0) is 12.8. The van der Waals surface area contributed by atoms with Gasteiger partial charge in [0.2, 0.25) is 5.88 Å². The molecule has 1 aromatic rings. The standard InChI is InChI=1S/C14H22N2OS/c1-17-14-8-7-11(10-16-14)9-15-12-5-3-4-6-13(12)18-2/h7-8,10,12-13,15H,3-6,9H2,1-2H3. The van der Waals surface area contributed by atoms with E-state index in [9.17, 15) is 0 Å². The molecule has 0 amide bonds. The summed E-state index contributed by atoms with van der Waals surface area (Å²) in [7, 11) is 1.64. The van der Waals surface area contributed by atoms with Crippen LogP contribution < -0.4 is 10.1 Å². The molecule has 1 fully saturated rings. The van der Waals surface area contributed by atoms with Gasteiger partial charge in [-0.2, -0.15) is 11.8 Å². The van der Waals surface area contributed by atoms with E-state index in [1.54, 1.807) is 7.11 Å². The van der Waals surface area contributed by atoms with E-state index in [0.29, 0.717) is 11.9 Å². The summed E-state index contributed by atoms with van der Waals surface area (Å²) < 4.78 is 5.06. The molecule has 1 heterocycles. The van der Waals surface area contributed by atoms with E-state index in [4.69, 9.17) is 4.74 Å². The van der Waals surface area contributed by atoms with Crippen LogP contribution in [0.5, 0.6) is 5.88 Å². The first-order valence-corrected chi connectivity index (χ1v) is 7.87. The van der Waals surface area contributed by atoms with Crippen LogP contribution in [0, 0.1) is 0 Å². The quantitative estimate of drug-likeness (QED) is 0.888. The van der Waals surface area contributed by atoms with Gasteiger partial charge in [0.15, 0.2) is 0 Å². The lowest BCUT2D eigenvalue weighted by molar-refractivity contribution is 0.381. The number of nitrogens with one attached hydrogen (secondary N) is 1. The molecule has 2 unspecified atom stereocenters. The van der Waals surface area contributed by atoms with Gasteiger partial charge in [-0.05, 0) is 24.7 Å². The molecule has 18 heavy (non-hydrogen) atoms. The predicted molar refractivity (Wildman–Crippen MR) is 77.2 cm³/mol. The summed E-state index contributed by atoms with van der Waals surface area (Å²) in [5.74, 6) is 0.679. The van der Waals surface area contributed by atoms with Crippen LogP contribution in [0.25, 0.3) is 0 Å². The van der Waals surface area contributed by atoms with Gasteiger partial charge in [0.05, 0.1) is 7.11 Å². The van der Waals surface area contributed by atoms with E-state index in [-0.39, 0.29) is 0 Å². The molecule has 2 rings (SSSR count). The summed E-state index contributed by atoms with van der Waals surface area (Å²) in [5.41, 5.74) is 1.22. The van der Waals surface area contributed by atoms with Gasteiger partial charge in [0.25, 0.3) is 0 Å². The Morgan fingerprint density at radius 1 is 1.39 bits per heavy atom. The normalized spacial score (nSPS) is 23.9. The van der Waals surface area contributed by atoms with Crippen molar-refractivity contribution in [1.29, 1.82) is 0 Å². The van der Waals surface area contributed by atoms with Crippen molar-refractivity contribution in [2.75, 3.05) is 13.4 Å². The zero-order valence-electron chi connectivity index (χ0n) is 11.2. The van der Waals surface area contributed by atoms with E-state index in [2.05, 4.69) is 22.6 Å². The summed E-state index contributed by atoms with van der Waals surface area (Å²) >= 11 is 2.00. The van der Waals surface area contributed by atoms with Gasteiger partial charge >= 0.3 is 0 Å². The highest BCUT2D eigenvalue weighted by Crippen LogP contribution is 2.27. The highest BCUT2D eigenvalue weighted by Gasteiger charge is 2.23. The van der Waals surface area contributed by atoms with E-state index >= 15 is 0 Å². The van der Waals surface area contributed by atoms with E-state index < -0.39 is 0 Å². The minimum atomic E-state index is 0.649. The molecule has 1 aliphatic rings. The van der Waals surface area contributed by atoms with Gasteiger partial charge in [-0.15, -0.1) is 0 Å². The largest absolute Gasteiger partial charge is 0.481 e. The Hall–Kier alpha value is -0.740. The minimum Gasteiger partial charge on any atom is -0.481 e. The predicted octanol–water partition coefficient (Wildman–Crippen LogP) is 2.85. The monoisotopic (exact) mass is 266 g/mol. The van der Waals surface area contributed by atoms with Crippen molar-refractivity contribution in [2.45, 2.75) is 43.5 Å². The number of methoxy groups -OCH3 is 1. The summed E-state index contributed by atoms with van der Waals surface area (Å²) in [6.45, 7) is 0.902. The van der Waals surface area contributed by atoms with Crippen LogP contribution in [0.2, 0.25) is 0 Å². The van der Waals surface area contributed by atoms with Crippen molar-refractivity contribution >= 4 is 11.8 Å². The number of aromatic nitrogens is 1. The number of nitrogens with zero attached hydrogens (tertiary/aromatic N) is 1. The van der Waals surface area contributed by atoms with Gasteiger partial charge in [-0.3, -0.25) is 0 Å². The highest BCUT2D eigenvalue weighted by atomic mass is 32.2. The molecule has 2 atom stereocenters. The van der Waals surface area contributed by atoms with Crippen LogP contribution in [-0.2, 0) is 6.54 Å². The SMILES string of the molecule is COc1ccc(CNC2CCCCC2SC)cn1. The molecule has 0 spiro atoms. The minimum absolute atomic E-state index is 0.649. The molecule has 1 aliphatic carbocycles. The summed E-state index contributed by atoms with van der Waals surface area (Å²) in [5, 5.41) is 4.44. The molecule has 0 bridgehead atoms. The summed E-state index contributed by atoms with van der Waals surface area (Å²) in [6, 6.07) is 4.65. The molecule has 1 aromatic heterocycles. The number of hydrogen-bond acceptors (Lipinski definition) is 4. The first-order chi connectivity index (χ1) is 8.83. The molecule has 3 nitrogen and oxygen atoms in total. The van der Waals surface area contributed by atoms with Crippen molar-refractivity contribution in [3.05, 3.63) is 23.9 Å². The molecule has 0 saturated heterocycles. The molecule has 1 saturated carbocycles. The number of hydrogen-bond donors (Lipinski definition) is 1. The van der Waals surface area contributed by atoms with Crippen molar-refractivity contribution in [3.8, 4) is 5.88 Å². The van der Waals surface area contributed by atoms with Crippen molar-refractivity contribution in [3.63, 3.8) is 0 Å². The second-order valence-corrected chi connectivity index (χ2v) is 5.83. The van der Waals surface area contributed by atoms with Crippen molar-refractivity contribution in [1.82, 2.24) is 10.3 Å². The molecular formula is C14H22N2OS. The Kier molecular flexibility index (Phi) is 5.32. The first kappa shape index (κ1) is 13.7. The number of pyridine rings is 1. The second kappa shape index (κ2) is 7.00. The van der Waals surface area contributed by atoms with Crippen LogP contribution in [0.3, 0.4) is 0 Å². The fraction of sp³-hybridized carbons (Fsp3) is 0.643. The Labute approximate surface area is 114 Å².